The standard InChI is InChI=1S/C15H30N2O10/c1-22-17-11(19)9-25-5-4-23-2-3-24-6-7-26-15-12(16)14(21)13(20)10(8-18)27-15/h10,12-15,18,20-21H,2-9,16H2,1H3,(H,17,19)/t10-,12-,13+,14-,15-/m1/s1. The topological polar surface area (TPSA) is 171 Å². The van der Waals surface area contributed by atoms with Crippen LogP contribution >= 0.6 is 0 Å². The lowest BCUT2D eigenvalue weighted by Crippen LogP contribution is -2.62. The Balaban J connectivity index is 1.97. The smallest absolute Gasteiger partial charge is 0.269 e. The normalized spacial score (nSPS) is 28.3. The molecule has 160 valence electrons. The van der Waals surface area contributed by atoms with Gasteiger partial charge in [0, 0.05) is 0 Å². The maximum Gasteiger partial charge on any atom is 0.269 e. The van der Waals surface area contributed by atoms with Crippen LogP contribution in [-0.4, -0.2) is 112 Å². The van der Waals surface area contributed by atoms with E-state index in [1.165, 1.54) is 7.11 Å². The number of amides is 1. The Labute approximate surface area is 157 Å². The van der Waals surface area contributed by atoms with Gasteiger partial charge < -0.3 is 44.7 Å². The van der Waals surface area contributed by atoms with Crippen molar-refractivity contribution in [2.75, 3.05) is 60.0 Å². The fourth-order valence-electron chi connectivity index (χ4n) is 2.22. The van der Waals surface area contributed by atoms with Gasteiger partial charge in [0.05, 0.1) is 59.4 Å². The van der Waals surface area contributed by atoms with Gasteiger partial charge in [-0.1, -0.05) is 0 Å². The average molecular weight is 398 g/mol. The third-order valence-corrected chi connectivity index (χ3v) is 3.63. The minimum Gasteiger partial charge on any atom is -0.394 e. The van der Waals surface area contributed by atoms with Gasteiger partial charge in [-0.15, -0.1) is 0 Å². The highest BCUT2D eigenvalue weighted by atomic mass is 16.7. The second kappa shape index (κ2) is 14.1. The zero-order valence-electron chi connectivity index (χ0n) is 15.3. The van der Waals surface area contributed by atoms with Crippen molar-refractivity contribution in [3.05, 3.63) is 0 Å². The van der Waals surface area contributed by atoms with Gasteiger partial charge in [0.15, 0.2) is 6.29 Å². The number of nitrogens with one attached hydrogen (secondary N) is 1. The monoisotopic (exact) mass is 398 g/mol. The molecule has 1 amide bonds. The van der Waals surface area contributed by atoms with E-state index in [1.807, 2.05) is 0 Å². The predicted octanol–water partition coefficient (Wildman–Crippen LogP) is -3.50. The first-order valence-corrected chi connectivity index (χ1v) is 8.56. The summed E-state index contributed by atoms with van der Waals surface area (Å²) in [5.74, 6) is -0.380. The van der Waals surface area contributed by atoms with E-state index in [2.05, 4.69) is 10.3 Å². The van der Waals surface area contributed by atoms with Crippen molar-refractivity contribution in [2.24, 2.45) is 5.73 Å². The quantitative estimate of drug-likeness (QED) is 0.145. The van der Waals surface area contributed by atoms with E-state index in [0.717, 1.165) is 0 Å². The molecule has 1 aliphatic rings. The number of hydrogen-bond donors (Lipinski definition) is 5. The first kappa shape index (κ1) is 24.1. The van der Waals surface area contributed by atoms with Gasteiger partial charge in [-0.2, -0.15) is 0 Å². The van der Waals surface area contributed by atoms with E-state index < -0.39 is 37.3 Å². The van der Waals surface area contributed by atoms with Gasteiger partial charge in [0.25, 0.3) is 5.91 Å². The molecule has 5 atom stereocenters. The molecule has 0 unspecified atom stereocenters. The molecular weight excluding hydrogens is 368 g/mol. The zero-order chi connectivity index (χ0) is 20.1. The van der Waals surface area contributed by atoms with Crippen LogP contribution in [0.4, 0.5) is 0 Å². The second-order valence-electron chi connectivity index (χ2n) is 5.66. The van der Waals surface area contributed by atoms with Crippen LogP contribution in [0.3, 0.4) is 0 Å². The molecule has 27 heavy (non-hydrogen) atoms. The Bertz CT molecular complexity index is 401. The Hall–Kier alpha value is -0.930. The minimum atomic E-state index is -1.27. The molecule has 12 nitrogen and oxygen atoms in total. The third kappa shape index (κ3) is 9.21. The summed E-state index contributed by atoms with van der Waals surface area (Å²) in [7, 11) is 1.34. The molecule has 1 fully saturated rings. The molecule has 0 bridgehead atoms. The maximum atomic E-state index is 11.0. The van der Waals surface area contributed by atoms with E-state index in [9.17, 15) is 15.0 Å². The lowest BCUT2D eigenvalue weighted by atomic mass is 9.98. The molecule has 1 heterocycles. The van der Waals surface area contributed by atoms with Crippen LogP contribution in [0, 0.1) is 0 Å². The molecule has 0 saturated carbocycles. The van der Waals surface area contributed by atoms with Crippen LogP contribution in [0.1, 0.15) is 0 Å². The Morgan fingerprint density at radius 3 is 2.22 bits per heavy atom. The van der Waals surface area contributed by atoms with E-state index in [-0.39, 0.29) is 32.3 Å². The highest BCUT2D eigenvalue weighted by molar-refractivity contribution is 5.75. The summed E-state index contributed by atoms with van der Waals surface area (Å²) >= 11 is 0. The lowest BCUT2D eigenvalue weighted by Gasteiger charge is -2.40. The number of carbonyl (C=O) groups is 1. The fraction of sp³-hybridized carbons (Fsp3) is 0.933. The summed E-state index contributed by atoms with van der Waals surface area (Å²) in [6.07, 6.45) is -4.43. The number of hydroxylamine groups is 1. The van der Waals surface area contributed by atoms with Gasteiger partial charge in [-0.3, -0.25) is 9.63 Å². The number of aliphatic hydroxyl groups is 3. The molecule has 0 aromatic heterocycles. The molecule has 12 heteroatoms. The molecule has 1 rings (SSSR count). The summed E-state index contributed by atoms with van der Waals surface area (Å²) in [6.45, 7) is 1.06. The molecule has 0 aromatic carbocycles. The fourth-order valence-corrected chi connectivity index (χ4v) is 2.22. The third-order valence-electron chi connectivity index (χ3n) is 3.63. The number of nitrogens with two attached hydrogens (primary N) is 1. The van der Waals surface area contributed by atoms with Crippen LogP contribution in [0.5, 0.6) is 0 Å². The first-order chi connectivity index (χ1) is 13.0. The van der Waals surface area contributed by atoms with Crippen LogP contribution in [0.2, 0.25) is 0 Å². The van der Waals surface area contributed by atoms with E-state index in [0.29, 0.717) is 19.8 Å². The summed E-state index contributed by atoms with van der Waals surface area (Å²) in [6, 6.07) is -0.933. The predicted molar refractivity (Wildman–Crippen MR) is 89.3 cm³/mol. The zero-order valence-corrected chi connectivity index (χ0v) is 15.3. The highest BCUT2D eigenvalue weighted by Crippen LogP contribution is 2.20. The van der Waals surface area contributed by atoms with Crippen molar-refractivity contribution < 1.29 is 48.6 Å². The van der Waals surface area contributed by atoms with Gasteiger partial charge >= 0.3 is 0 Å². The van der Waals surface area contributed by atoms with Gasteiger partial charge in [-0.25, -0.2) is 5.48 Å². The molecule has 0 aliphatic carbocycles. The molecule has 0 aromatic rings. The number of aliphatic hydroxyl groups excluding tert-OH is 3. The van der Waals surface area contributed by atoms with E-state index in [4.69, 9.17) is 34.5 Å². The molecule has 1 saturated heterocycles. The summed E-state index contributed by atoms with van der Waals surface area (Å²) in [4.78, 5) is 15.4. The van der Waals surface area contributed by atoms with Crippen LogP contribution in [0.15, 0.2) is 0 Å². The minimum absolute atomic E-state index is 0.112. The van der Waals surface area contributed by atoms with Crippen LogP contribution in [0.25, 0.3) is 0 Å². The van der Waals surface area contributed by atoms with Crippen molar-refractivity contribution in [1.82, 2.24) is 5.48 Å². The lowest BCUT2D eigenvalue weighted by molar-refractivity contribution is -0.267. The van der Waals surface area contributed by atoms with Crippen LogP contribution in [-0.2, 0) is 33.3 Å². The summed E-state index contributed by atoms with van der Waals surface area (Å²) in [5.41, 5.74) is 7.86. The molecule has 0 radical (unpaired) electrons. The van der Waals surface area contributed by atoms with Crippen molar-refractivity contribution in [2.45, 2.75) is 30.6 Å². The van der Waals surface area contributed by atoms with Gasteiger partial charge in [0.1, 0.15) is 24.9 Å². The number of carbonyl (C=O) groups excluding carboxylic acids is 1. The van der Waals surface area contributed by atoms with Gasteiger partial charge in [0.2, 0.25) is 0 Å². The second-order valence-corrected chi connectivity index (χ2v) is 5.66. The van der Waals surface area contributed by atoms with E-state index >= 15 is 0 Å². The van der Waals surface area contributed by atoms with Crippen LogP contribution < -0.4 is 11.2 Å². The average Bonchev–Trinajstić information content (AvgIpc) is 2.66. The Kier molecular flexibility index (Phi) is 12.6. The Morgan fingerprint density at radius 2 is 1.63 bits per heavy atom. The van der Waals surface area contributed by atoms with Crippen molar-refractivity contribution in [1.29, 1.82) is 0 Å². The molecule has 0 spiro atoms. The van der Waals surface area contributed by atoms with Crippen molar-refractivity contribution in [3.63, 3.8) is 0 Å². The Morgan fingerprint density at radius 1 is 1.04 bits per heavy atom. The SMILES string of the molecule is CONC(=O)COCCOCCOCCO[C@@H]1O[C@H](CO)[C@H](O)[C@H](O)[C@H]1N. The molecular formula is C15H30N2O10. The molecule has 1 aliphatic heterocycles. The summed E-state index contributed by atoms with van der Waals surface area (Å²) in [5, 5.41) is 28.6. The number of hydrogen-bond acceptors (Lipinski definition) is 11. The highest BCUT2D eigenvalue weighted by Gasteiger charge is 2.42. The van der Waals surface area contributed by atoms with Gasteiger partial charge in [-0.05, 0) is 0 Å². The first-order valence-electron chi connectivity index (χ1n) is 8.56. The summed E-state index contributed by atoms with van der Waals surface area (Å²) < 4.78 is 26.3. The molecule has 6 N–H and O–H groups in total. The van der Waals surface area contributed by atoms with Crippen molar-refractivity contribution >= 4 is 5.91 Å². The maximum absolute atomic E-state index is 11.0. The van der Waals surface area contributed by atoms with E-state index in [1.54, 1.807) is 0 Å². The van der Waals surface area contributed by atoms with Crippen molar-refractivity contribution in [3.8, 4) is 0 Å². The number of ether oxygens (including phenoxy) is 5. The number of rotatable bonds is 14. The largest absolute Gasteiger partial charge is 0.394 e.